The van der Waals surface area contributed by atoms with Gasteiger partial charge in [-0.3, -0.25) is 0 Å². The topological polar surface area (TPSA) is 52.6 Å². The van der Waals surface area contributed by atoms with Gasteiger partial charge in [0.25, 0.3) is 0 Å². The molecule has 0 unspecified atom stereocenters. The van der Waals surface area contributed by atoms with Crippen molar-refractivity contribution in [3.8, 4) is 0 Å². The van der Waals surface area contributed by atoms with Crippen LogP contribution in [0.25, 0.3) is 0 Å². The molecule has 2 N–H and O–H groups in total. The van der Waals surface area contributed by atoms with E-state index in [0.29, 0.717) is 6.54 Å². The molecule has 0 spiro atoms. The van der Waals surface area contributed by atoms with Crippen LogP contribution in [-0.4, -0.2) is 31.6 Å². The van der Waals surface area contributed by atoms with Gasteiger partial charge in [-0.15, -0.1) is 35.3 Å². The van der Waals surface area contributed by atoms with Crippen LogP contribution in [0.1, 0.15) is 17.4 Å². The van der Waals surface area contributed by atoms with Crippen LogP contribution >= 0.6 is 35.3 Å². The largest absolute Gasteiger partial charge is 0.362 e. The molecule has 5 nitrogen and oxygen atoms in total. The second kappa shape index (κ2) is 10.4. The van der Waals surface area contributed by atoms with E-state index < -0.39 is 0 Å². The van der Waals surface area contributed by atoms with Crippen LogP contribution in [0.3, 0.4) is 0 Å². The minimum atomic E-state index is 0. The number of nitrogens with zero attached hydrogens (tertiary/aromatic N) is 3. The number of hydrogen-bond acceptors (Lipinski definition) is 4. The predicted molar refractivity (Wildman–Crippen MR) is 110 cm³/mol. The summed E-state index contributed by atoms with van der Waals surface area (Å²) >= 11 is 1.74. The van der Waals surface area contributed by atoms with Crippen molar-refractivity contribution in [2.45, 2.75) is 20.0 Å². The molecule has 0 amide bonds. The number of nitrogens with one attached hydrogen (secondary N) is 2. The Bertz CT molecular complexity index is 598. The smallest absolute Gasteiger partial charge is 0.191 e. The van der Waals surface area contributed by atoms with Crippen molar-refractivity contribution >= 4 is 47.1 Å². The van der Waals surface area contributed by atoms with Crippen LogP contribution in [0.5, 0.6) is 0 Å². The molecule has 0 aliphatic heterocycles. The zero-order chi connectivity index (χ0) is 15.8. The number of thiophene rings is 1. The van der Waals surface area contributed by atoms with Gasteiger partial charge in [-0.05, 0) is 24.4 Å². The van der Waals surface area contributed by atoms with Gasteiger partial charge in [0.2, 0.25) is 0 Å². The molecule has 2 heterocycles. The Morgan fingerprint density at radius 2 is 2.09 bits per heavy atom. The van der Waals surface area contributed by atoms with E-state index in [1.165, 1.54) is 4.88 Å². The normalized spacial score (nSPS) is 10.8. The molecule has 0 saturated carbocycles. The second-order valence-electron chi connectivity index (χ2n) is 5.01. The van der Waals surface area contributed by atoms with Gasteiger partial charge in [0.15, 0.2) is 5.96 Å². The number of hydrogen-bond donors (Lipinski definition) is 2. The molecule has 0 saturated heterocycles. The first kappa shape index (κ1) is 19.7. The lowest BCUT2D eigenvalue weighted by atomic mass is 10.2. The highest BCUT2D eigenvalue weighted by Crippen LogP contribution is 2.15. The molecule has 0 aromatic carbocycles. The highest BCUT2D eigenvalue weighted by atomic mass is 127. The fraction of sp³-hybridized carbons (Fsp3) is 0.375. The third kappa shape index (κ3) is 6.34. The molecule has 0 aliphatic carbocycles. The zero-order valence-corrected chi connectivity index (χ0v) is 16.9. The van der Waals surface area contributed by atoms with Crippen LogP contribution in [0, 0.1) is 0 Å². The Kier molecular flexibility index (Phi) is 8.93. The zero-order valence-electron chi connectivity index (χ0n) is 13.7. The Morgan fingerprint density at radius 1 is 1.26 bits per heavy atom. The van der Waals surface area contributed by atoms with Crippen molar-refractivity contribution in [2.24, 2.45) is 4.99 Å². The summed E-state index contributed by atoms with van der Waals surface area (Å²) in [6.07, 6.45) is 1.81. The number of aromatic nitrogens is 1. The first-order valence-electron chi connectivity index (χ1n) is 7.36. The third-order valence-corrected chi connectivity index (χ3v) is 3.93. The fourth-order valence-electron chi connectivity index (χ4n) is 2.05. The molecular weight excluding hydrogens is 421 g/mol. The average molecular weight is 445 g/mol. The summed E-state index contributed by atoms with van der Waals surface area (Å²) in [5, 5.41) is 8.71. The van der Waals surface area contributed by atoms with Crippen LogP contribution in [-0.2, 0) is 13.1 Å². The first-order chi connectivity index (χ1) is 10.7. The van der Waals surface area contributed by atoms with Crippen molar-refractivity contribution in [1.29, 1.82) is 0 Å². The minimum absolute atomic E-state index is 0. The van der Waals surface area contributed by atoms with E-state index >= 15 is 0 Å². The van der Waals surface area contributed by atoms with Crippen molar-refractivity contribution < 1.29 is 0 Å². The van der Waals surface area contributed by atoms with Gasteiger partial charge in [-0.1, -0.05) is 12.1 Å². The van der Waals surface area contributed by atoms with E-state index in [4.69, 9.17) is 0 Å². The van der Waals surface area contributed by atoms with Crippen LogP contribution < -0.4 is 15.5 Å². The van der Waals surface area contributed by atoms with Crippen molar-refractivity contribution in [3.63, 3.8) is 0 Å². The van der Waals surface area contributed by atoms with Crippen molar-refractivity contribution in [1.82, 2.24) is 15.6 Å². The average Bonchev–Trinajstić information content (AvgIpc) is 3.03. The number of aliphatic imine (C=N–C) groups is 1. The number of anilines is 1. The van der Waals surface area contributed by atoms with Crippen molar-refractivity contribution in [3.05, 3.63) is 46.3 Å². The summed E-state index contributed by atoms with van der Waals surface area (Å²) in [5.41, 5.74) is 1.11. The lowest BCUT2D eigenvalue weighted by Crippen LogP contribution is -2.36. The summed E-state index contributed by atoms with van der Waals surface area (Å²) in [4.78, 5) is 12.4. The molecule has 0 radical (unpaired) electrons. The van der Waals surface area contributed by atoms with Gasteiger partial charge in [0, 0.05) is 37.3 Å². The first-order valence-corrected chi connectivity index (χ1v) is 8.24. The molecule has 23 heavy (non-hydrogen) atoms. The van der Waals surface area contributed by atoms with Gasteiger partial charge in [0.05, 0.1) is 13.1 Å². The fourth-order valence-corrected chi connectivity index (χ4v) is 2.69. The van der Waals surface area contributed by atoms with E-state index in [9.17, 15) is 0 Å². The molecule has 126 valence electrons. The monoisotopic (exact) mass is 445 g/mol. The van der Waals surface area contributed by atoms with Gasteiger partial charge in [0.1, 0.15) is 5.82 Å². The molecule has 2 aromatic heterocycles. The SMILES string of the molecule is CCNC(=NCc1cccnc1N(C)C)NCc1cccs1.I. The van der Waals surface area contributed by atoms with E-state index in [1.807, 2.05) is 31.3 Å². The Hall–Kier alpha value is -1.35. The molecule has 2 aromatic rings. The third-order valence-electron chi connectivity index (χ3n) is 3.05. The molecule has 0 bridgehead atoms. The molecular formula is C16H24IN5S. The Balaban J connectivity index is 0.00000264. The summed E-state index contributed by atoms with van der Waals surface area (Å²) < 4.78 is 0. The molecule has 0 fully saturated rings. The maximum absolute atomic E-state index is 4.66. The van der Waals surface area contributed by atoms with E-state index in [1.54, 1.807) is 11.3 Å². The standard InChI is InChI=1S/C16H23N5S.HI/c1-4-17-16(20-12-14-8-6-10-22-14)19-11-13-7-5-9-18-15(13)21(2)3;/h5-10H,4,11-12H2,1-3H3,(H2,17,19,20);1H. The van der Waals surface area contributed by atoms with E-state index in [2.05, 4.69) is 51.1 Å². The van der Waals surface area contributed by atoms with Crippen LogP contribution in [0.2, 0.25) is 0 Å². The molecule has 0 aliphatic rings. The summed E-state index contributed by atoms with van der Waals surface area (Å²) in [6, 6.07) is 8.19. The molecule has 2 rings (SSSR count). The maximum Gasteiger partial charge on any atom is 0.191 e. The lowest BCUT2D eigenvalue weighted by Gasteiger charge is -2.15. The number of halogens is 1. The summed E-state index contributed by atoms with van der Waals surface area (Å²) in [5.74, 6) is 1.78. The highest BCUT2D eigenvalue weighted by molar-refractivity contribution is 14.0. The van der Waals surface area contributed by atoms with Gasteiger partial charge in [-0.25, -0.2) is 9.98 Å². The Labute approximate surface area is 159 Å². The van der Waals surface area contributed by atoms with E-state index in [0.717, 1.165) is 30.4 Å². The van der Waals surface area contributed by atoms with E-state index in [-0.39, 0.29) is 24.0 Å². The van der Waals surface area contributed by atoms with Crippen LogP contribution in [0.15, 0.2) is 40.8 Å². The lowest BCUT2D eigenvalue weighted by molar-refractivity contribution is 0.822. The highest BCUT2D eigenvalue weighted by Gasteiger charge is 2.05. The predicted octanol–water partition coefficient (Wildman–Crippen LogP) is 3.08. The number of guanidine groups is 1. The van der Waals surface area contributed by atoms with Crippen molar-refractivity contribution in [2.75, 3.05) is 25.5 Å². The Morgan fingerprint density at radius 3 is 2.74 bits per heavy atom. The summed E-state index contributed by atoms with van der Waals surface area (Å²) in [6.45, 7) is 4.29. The molecule has 0 atom stereocenters. The summed E-state index contributed by atoms with van der Waals surface area (Å²) in [7, 11) is 3.99. The van der Waals surface area contributed by atoms with Gasteiger partial charge in [-0.2, -0.15) is 0 Å². The second-order valence-corrected chi connectivity index (χ2v) is 6.04. The number of pyridine rings is 1. The van der Waals surface area contributed by atoms with Crippen LogP contribution in [0.4, 0.5) is 5.82 Å². The maximum atomic E-state index is 4.66. The quantitative estimate of drug-likeness (QED) is 0.408. The number of rotatable bonds is 6. The minimum Gasteiger partial charge on any atom is -0.362 e. The van der Waals surface area contributed by atoms with Gasteiger partial charge >= 0.3 is 0 Å². The van der Waals surface area contributed by atoms with Gasteiger partial charge < -0.3 is 15.5 Å². The molecule has 7 heteroatoms.